The molecular formula is C21H24N4O2. The van der Waals surface area contributed by atoms with Gasteiger partial charge in [-0.2, -0.15) is 0 Å². The summed E-state index contributed by atoms with van der Waals surface area (Å²) in [6, 6.07) is 12.4. The minimum atomic E-state index is -0.616. The first-order valence-electron chi connectivity index (χ1n) is 9.02. The molecule has 6 nitrogen and oxygen atoms in total. The molecule has 3 rings (SSSR count). The fourth-order valence-electron chi connectivity index (χ4n) is 2.91. The van der Waals surface area contributed by atoms with E-state index in [0.717, 1.165) is 16.9 Å². The van der Waals surface area contributed by atoms with Gasteiger partial charge in [-0.3, -0.25) is 9.59 Å². The van der Waals surface area contributed by atoms with Gasteiger partial charge in [-0.25, -0.2) is 4.98 Å². The average Bonchev–Trinajstić information content (AvgIpc) is 3.06. The van der Waals surface area contributed by atoms with Gasteiger partial charge in [0, 0.05) is 18.0 Å². The van der Waals surface area contributed by atoms with Crippen molar-refractivity contribution >= 4 is 17.5 Å². The van der Waals surface area contributed by atoms with E-state index in [1.807, 2.05) is 67.9 Å². The van der Waals surface area contributed by atoms with E-state index < -0.39 is 6.04 Å². The number of hydrogen-bond acceptors (Lipinski definition) is 3. The number of hydrogen-bond donors (Lipinski definition) is 2. The summed E-state index contributed by atoms with van der Waals surface area (Å²) in [7, 11) is 0. The molecule has 2 aromatic heterocycles. The summed E-state index contributed by atoms with van der Waals surface area (Å²) in [5.74, 6) is -0.511. The van der Waals surface area contributed by atoms with E-state index in [0.29, 0.717) is 12.1 Å². The molecule has 2 amide bonds. The Labute approximate surface area is 158 Å². The zero-order chi connectivity index (χ0) is 19.4. The molecule has 3 aromatic rings. The van der Waals surface area contributed by atoms with Crippen molar-refractivity contribution in [1.82, 2.24) is 20.0 Å². The number of nitrogens with zero attached hydrogens (tertiary/aromatic N) is 2. The summed E-state index contributed by atoms with van der Waals surface area (Å²) >= 11 is 0. The molecule has 0 aliphatic heterocycles. The topological polar surface area (TPSA) is 75.5 Å². The Kier molecular flexibility index (Phi) is 5.54. The molecule has 1 atom stereocenters. The van der Waals surface area contributed by atoms with Crippen molar-refractivity contribution in [1.29, 1.82) is 0 Å². The number of aromatic nitrogens is 2. The second kappa shape index (κ2) is 8.03. The Bertz CT molecular complexity index is 928. The van der Waals surface area contributed by atoms with Gasteiger partial charge in [0.1, 0.15) is 11.7 Å². The molecule has 2 heterocycles. The van der Waals surface area contributed by atoms with Crippen LogP contribution in [-0.2, 0) is 11.3 Å². The summed E-state index contributed by atoms with van der Waals surface area (Å²) in [5, 5.41) is 5.73. The van der Waals surface area contributed by atoms with Gasteiger partial charge in [0.25, 0.3) is 5.91 Å². The molecule has 1 unspecified atom stereocenters. The van der Waals surface area contributed by atoms with Crippen LogP contribution in [0, 0.1) is 12.8 Å². The van der Waals surface area contributed by atoms with Crippen LogP contribution < -0.4 is 10.6 Å². The second-order valence-electron chi connectivity index (χ2n) is 6.98. The molecular weight excluding hydrogens is 340 g/mol. The van der Waals surface area contributed by atoms with E-state index in [1.165, 1.54) is 0 Å². The summed E-state index contributed by atoms with van der Waals surface area (Å²) in [4.78, 5) is 29.6. The number of imidazole rings is 1. The monoisotopic (exact) mass is 364 g/mol. The van der Waals surface area contributed by atoms with E-state index in [4.69, 9.17) is 0 Å². The van der Waals surface area contributed by atoms with Crippen molar-refractivity contribution in [2.45, 2.75) is 33.4 Å². The van der Waals surface area contributed by atoms with Crippen molar-refractivity contribution in [2.24, 2.45) is 5.92 Å². The minimum Gasteiger partial charge on any atom is -0.349 e. The van der Waals surface area contributed by atoms with Crippen LogP contribution in [0.3, 0.4) is 0 Å². The third kappa shape index (κ3) is 4.53. The van der Waals surface area contributed by atoms with Crippen LogP contribution in [0.2, 0.25) is 0 Å². The lowest BCUT2D eigenvalue weighted by Gasteiger charge is -2.21. The molecule has 0 fully saturated rings. The predicted molar refractivity (Wildman–Crippen MR) is 104 cm³/mol. The summed E-state index contributed by atoms with van der Waals surface area (Å²) in [6.45, 7) is 6.06. The average molecular weight is 364 g/mol. The van der Waals surface area contributed by atoms with Crippen molar-refractivity contribution in [3.05, 3.63) is 71.7 Å². The molecule has 2 N–H and O–H groups in total. The van der Waals surface area contributed by atoms with Crippen LogP contribution in [0.15, 0.2) is 54.9 Å². The molecule has 0 radical (unpaired) electrons. The Morgan fingerprint density at radius 1 is 1.15 bits per heavy atom. The van der Waals surface area contributed by atoms with Gasteiger partial charge in [-0.1, -0.05) is 37.6 Å². The van der Waals surface area contributed by atoms with Crippen LogP contribution in [0.25, 0.3) is 5.65 Å². The molecule has 6 heteroatoms. The molecule has 0 aliphatic rings. The molecule has 0 aliphatic carbocycles. The SMILES string of the molecule is Cc1cccc(C(=O)NC(C(=O)NCc2cn3ccccc3n2)C(C)C)c1. The first-order chi connectivity index (χ1) is 12.9. The van der Waals surface area contributed by atoms with Gasteiger partial charge in [-0.05, 0) is 37.1 Å². The molecule has 1 aromatic carbocycles. The third-order valence-corrected chi connectivity index (χ3v) is 4.37. The van der Waals surface area contributed by atoms with Crippen molar-refractivity contribution in [3.8, 4) is 0 Å². The predicted octanol–water partition coefficient (Wildman–Crippen LogP) is 2.71. The van der Waals surface area contributed by atoms with Crippen molar-refractivity contribution in [3.63, 3.8) is 0 Å². The lowest BCUT2D eigenvalue weighted by Crippen LogP contribution is -2.49. The lowest BCUT2D eigenvalue weighted by molar-refractivity contribution is -0.124. The van der Waals surface area contributed by atoms with Crippen molar-refractivity contribution < 1.29 is 9.59 Å². The summed E-state index contributed by atoms with van der Waals surface area (Å²) < 4.78 is 1.90. The van der Waals surface area contributed by atoms with E-state index in [-0.39, 0.29) is 17.7 Å². The van der Waals surface area contributed by atoms with Gasteiger partial charge in [-0.15, -0.1) is 0 Å². The maximum absolute atomic E-state index is 12.6. The minimum absolute atomic E-state index is 0.0418. The highest BCUT2D eigenvalue weighted by molar-refractivity contribution is 5.97. The van der Waals surface area contributed by atoms with Crippen LogP contribution >= 0.6 is 0 Å². The molecule has 0 saturated carbocycles. The van der Waals surface area contributed by atoms with E-state index >= 15 is 0 Å². The van der Waals surface area contributed by atoms with Gasteiger partial charge < -0.3 is 15.0 Å². The van der Waals surface area contributed by atoms with E-state index in [9.17, 15) is 9.59 Å². The molecule has 140 valence electrons. The first-order valence-corrected chi connectivity index (χ1v) is 9.02. The Balaban J connectivity index is 1.65. The normalized spacial score (nSPS) is 12.1. The number of carbonyl (C=O) groups is 2. The van der Waals surface area contributed by atoms with Crippen LogP contribution in [0.1, 0.15) is 35.5 Å². The number of fused-ring (bicyclic) bond motifs is 1. The van der Waals surface area contributed by atoms with Crippen LogP contribution in [0.4, 0.5) is 0 Å². The largest absolute Gasteiger partial charge is 0.349 e. The van der Waals surface area contributed by atoms with Gasteiger partial charge in [0.2, 0.25) is 5.91 Å². The number of amides is 2. The van der Waals surface area contributed by atoms with Crippen LogP contribution in [-0.4, -0.2) is 27.2 Å². The molecule has 0 bridgehead atoms. The highest BCUT2D eigenvalue weighted by Gasteiger charge is 2.24. The smallest absolute Gasteiger partial charge is 0.251 e. The second-order valence-corrected chi connectivity index (χ2v) is 6.98. The van der Waals surface area contributed by atoms with Gasteiger partial charge in [0.15, 0.2) is 0 Å². The lowest BCUT2D eigenvalue weighted by atomic mass is 10.0. The van der Waals surface area contributed by atoms with Crippen molar-refractivity contribution in [2.75, 3.05) is 0 Å². The van der Waals surface area contributed by atoms with Gasteiger partial charge in [0.05, 0.1) is 12.2 Å². The Morgan fingerprint density at radius 2 is 1.96 bits per heavy atom. The van der Waals surface area contributed by atoms with E-state index in [1.54, 1.807) is 12.1 Å². The standard InChI is InChI=1S/C21H24N4O2/c1-14(2)19(24-20(26)16-8-6-7-15(3)11-16)21(27)22-12-17-13-25-10-5-4-9-18(25)23-17/h4-11,13-14,19H,12H2,1-3H3,(H,22,27)(H,24,26). The third-order valence-electron chi connectivity index (χ3n) is 4.37. The summed E-state index contributed by atoms with van der Waals surface area (Å²) in [6.07, 6.45) is 3.79. The highest BCUT2D eigenvalue weighted by atomic mass is 16.2. The Hall–Kier alpha value is -3.15. The maximum Gasteiger partial charge on any atom is 0.251 e. The number of benzene rings is 1. The molecule has 27 heavy (non-hydrogen) atoms. The zero-order valence-corrected chi connectivity index (χ0v) is 15.8. The van der Waals surface area contributed by atoms with Crippen LogP contribution in [0.5, 0.6) is 0 Å². The van der Waals surface area contributed by atoms with Gasteiger partial charge >= 0.3 is 0 Å². The molecule has 0 spiro atoms. The fourth-order valence-corrected chi connectivity index (χ4v) is 2.91. The number of carbonyl (C=O) groups excluding carboxylic acids is 2. The number of rotatable bonds is 6. The fraction of sp³-hybridized carbons (Fsp3) is 0.286. The van der Waals surface area contributed by atoms with E-state index in [2.05, 4.69) is 15.6 Å². The number of aryl methyl sites for hydroxylation is 1. The number of nitrogens with one attached hydrogen (secondary N) is 2. The first kappa shape index (κ1) is 18.6. The molecule has 0 saturated heterocycles. The maximum atomic E-state index is 12.6. The summed E-state index contributed by atoms with van der Waals surface area (Å²) in [5.41, 5.74) is 3.14. The number of pyridine rings is 1. The zero-order valence-electron chi connectivity index (χ0n) is 15.8. The quantitative estimate of drug-likeness (QED) is 0.706. The highest BCUT2D eigenvalue weighted by Crippen LogP contribution is 2.08. The Morgan fingerprint density at radius 3 is 2.67 bits per heavy atom.